The van der Waals surface area contributed by atoms with E-state index in [2.05, 4.69) is 4.72 Å². The third-order valence-electron chi connectivity index (χ3n) is 3.30. The maximum absolute atomic E-state index is 12.6. The van der Waals surface area contributed by atoms with Gasteiger partial charge in [0, 0.05) is 5.02 Å². The number of carboxylic acid groups (broad SMARTS) is 1. The van der Waals surface area contributed by atoms with E-state index >= 15 is 0 Å². The number of carboxylic acids is 1. The highest BCUT2D eigenvalue weighted by atomic mass is 35.6. The van der Waals surface area contributed by atoms with Crippen molar-refractivity contribution in [1.29, 1.82) is 0 Å². The Kier molecular flexibility index (Phi) is 7.24. The average molecular weight is 473 g/mol. The fourth-order valence-electron chi connectivity index (χ4n) is 2.06. The van der Waals surface area contributed by atoms with Gasteiger partial charge in [-0.3, -0.25) is 0 Å². The highest BCUT2D eigenvalue weighted by molar-refractivity contribution is 7.89. The minimum Gasteiger partial charge on any atom is -0.482 e. The predicted octanol–water partition coefficient (Wildman–Crippen LogP) is 4.19. The summed E-state index contributed by atoms with van der Waals surface area (Å²) in [7, 11) is -4.01. The molecule has 0 fully saturated rings. The molecule has 2 rings (SSSR count). The Bertz CT molecular complexity index is 896. The zero-order valence-corrected chi connectivity index (χ0v) is 17.2. The summed E-state index contributed by atoms with van der Waals surface area (Å²) < 4.78 is 30.6. The summed E-state index contributed by atoms with van der Waals surface area (Å²) in [4.78, 5) is 10.5. The molecule has 0 aliphatic rings. The molecule has 0 aliphatic heterocycles. The molecule has 0 aliphatic carbocycles. The van der Waals surface area contributed by atoms with Gasteiger partial charge in [0.1, 0.15) is 5.75 Å². The second-order valence-corrected chi connectivity index (χ2v) is 9.82. The third-order valence-corrected chi connectivity index (χ3v) is 5.65. The van der Waals surface area contributed by atoms with Gasteiger partial charge in [0.15, 0.2) is 6.61 Å². The van der Waals surface area contributed by atoms with Crippen LogP contribution in [0.4, 0.5) is 0 Å². The summed E-state index contributed by atoms with van der Waals surface area (Å²) in [5, 5.41) is 8.99. The lowest BCUT2D eigenvalue weighted by atomic mass is 10.1. The van der Waals surface area contributed by atoms with Crippen LogP contribution in [0.3, 0.4) is 0 Å². The predicted molar refractivity (Wildman–Crippen MR) is 104 cm³/mol. The van der Waals surface area contributed by atoms with Crippen LogP contribution in [0.1, 0.15) is 11.6 Å². The van der Waals surface area contributed by atoms with Crippen LogP contribution >= 0.6 is 46.4 Å². The molecule has 11 heteroatoms. The van der Waals surface area contributed by atoms with Crippen LogP contribution in [0.2, 0.25) is 5.02 Å². The minimum absolute atomic E-state index is 0.0486. The molecule has 0 amide bonds. The first-order chi connectivity index (χ1) is 12.5. The molecule has 0 saturated carbocycles. The molecule has 0 bridgehead atoms. The maximum atomic E-state index is 12.6. The molecule has 2 aromatic rings. The monoisotopic (exact) mass is 471 g/mol. The van der Waals surface area contributed by atoms with Gasteiger partial charge in [0.05, 0.1) is 10.9 Å². The molecule has 0 saturated heterocycles. The number of aliphatic carboxylic acids is 1. The van der Waals surface area contributed by atoms with Gasteiger partial charge >= 0.3 is 5.97 Å². The van der Waals surface area contributed by atoms with Crippen LogP contribution in [-0.4, -0.2) is 29.9 Å². The normalized spacial score (nSPS) is 13.2. The van der Waals surface area contributed by atoms with E-state index in [4.69, 9.17) is 56.2 Å². The van der Waals surface area contributed by atoms with Crippen LogP contribution in [0.25, 0.3) is 0 Å². The molecule has 146 valence electrons. The van der Waals surface area contributed by atoms with Gasteiger partial charge < -0.3 is 9.84 Å². The molecular weight excluding hydrogens is 460 g/mol. The van der Waals surface area contributed by atoms with Crippen molar-refractivity contribution >= 4 is 62.4 Å². The van der Waals surface area contributed by atoms with Gasteiger partial charge in [-0.2, -0.15) is 4.72 Å². The molecule has 0 radical (unpaired) electrons. The van der Waals surface area contributed by atoms with Crippen LogP contribution in [0.15, 0.2) is 53.4 Å². The SMILES string of the molecule is O=C(O)COc1ccc(C(NS(=O)(=O)c2ccc(Cl)cc2)C(Cl)(Cl)Cl)cc1. The number of alkyl halides is 3. The summed E-state index contributed by atoms with van der Waals surface area (Å²) >= 11 is 23.7. The molecule has 2 N–H and O–H groups in total. The van der Waals surface area contributed by atoms with Crippen molar-refractivity contribution in [2.24, 2.45) is 0 Å². The van der Waals surface area contributed by atoms with E-state index in [1.807, 2.05) is 0 Å². The number of hydrogen-bond donors (Lipinski definition) is 2. The molecular formula is C16H13Cl4NO5S. The van der Waals surface area contributed by atoms with Gasteiger partial charge in [-0.05, 0) is 42.0 Å². The molecule has 27 heavy (non-hydrogen) atoms. The quantitative estimate of drug-likeness (QED) is 0.589. The number of benzene rings is 2. The van der Waals surface area contributed by atoms with E-state index < -0.39 is 32.4 Å². The van der Waals surface area contributed by atoms with Crippen LogP contribution in [-0.2, 0) is 14.8 Å². The first kappa shape index (κ1) is 22.1. The first-order valence-corrected chi connectivity index (χ1v) is 10.3. The van der Waals surface area contributed by atoms with Crippen molar-refractivity contribution in [1.82, 2.24) is 4.72 Å². The lowest BCUT2D eigenvalue weighted by Crippen LogP contribution is -2.36. The minimum atomic E-state index is -4.01. The Balaban J connectivity index is 2.28. The van der Waals surface area contributed by atoms with Crippen molar-refractivity contribution in [3.8, 4) is 5.75 Å². The molecule has 0 heterocycles. The maximum Gasteiger partial charge on any atom is 0.341 e. The molecule has 0 aromatic heterocycles. The fourth-order valence-corrected chi connectivity index (χ4v) is 4.18. The summed E-state index contributed by atoms with van der Waals surface area (Å²) in [6.45, 7) is -0.517. The summed E-state index contributed by atoms with van der Waals surface area (Å²) in [6.07, 6.45) is 0. The standard InChI is InChI=1S/C16H13Cl4NO5S/c17-11-3-7-13(8-4-11)27(24,25)21-15(16(18,19)20)10-1-5-12(6-2-10)26-9-14(22)23/h1-8,15,21H,9H2,(H,22,23). The van der Waals surface area contributed by atoms with E-state index in [9.17, 15) is 13.2 Å². The second kappa shape index (κ2) is 8.86. The Hall–Kier alpha value is -1.22. The average Bonchev–Trinajstić information content (AvgIpc) is 2.58. The van der Waals surface area contributed by atoms with E-state index in [0.29, 0.717) is 10.6 Å². The van der Waals surface area contributed by atoms with Crippen molar-refractivity contribution in [2.45, 2.75) is 14.7 Å². The smallest absolute Gasteiger partial charge is 0.341 e. The van der Waals surface area contributed by atoms with Crippen LogP contribution in [0, 0.1) is 0 Å². The van der Waals surface area contributed by atoms with Crippen LogP contribution in [0.5, 0.6) is 5.75 Å². The summed E-state index contributed by atoms with van der Waals surface area (Å²) in [5.41, 5.74) is 0.343. The van der Waals surface area contributed by atoms with E-state index in [1.165, 1.54) is 48.5 Å². The topological polar surface area (TPSA) is 92.7 Å². The fraction of sp³-hybridized carbons (Fsp3) is 0.188. The number of halogens is 4. The highest BCUT2D eigenvalue weighted by Crippen LogP contribution is 2.41. The number of ether oxygens (including phenoxy) is 1. The van der Waals surface area contributed by atoms with Crippen molar-refractivity contribution in [3.63, 3.8) is 0 Å². The Morgan fingerprint density at radius 3 is 2.11 bits per heavy atom. The van der Waals surface area contributed by atoms with Gasteiger partial charge in [0.2, 0.25) is 13.8 Å². The first-order valence-electron chi connectivity index (χ1n) is 7.28. The molecule has 0 spiro atoms. The Morgan fingerprint density at radius 1 is 1.07 bits per heavy atom. The summed E-state index contributed by atoms with van der Waals surface area (Å²) in [5.74, 6) is -0.862. The largest absolute Gasteiger partial charge is 0.482 e. The lowest BCUT2D eigenvalue weighted by Gasteiger charge is -2.26. The van der Waals surface area contributed by atoms with E-state index in [-0.39, 0.29) is 10.6 Å². The molecule has 1 unspecified atom stereocenters. The van der Waals surface area contributed by atoms with Crippen LogP contribution < -0.4 is 9.46 Å². The molecule has 1 atom stereocenters. The lowest BCUT2D eigenvalue weighted by molar-refractivity contribution is -0.139. The molecule has 2 aromatic carbocycles. The van der Waals surface area contributed by atoms with Crippen molar-refractivity contribution in [2.75, 3.05) is 6.61 Å². The van der Waals surface area contributed by atoms with Gasteiger partial charge in [-0.15, -0.1) is 0 Å². The third kappa shape index (κ3) is 6.41. The zero-order valence-electron chi connectivity index (χ0n) is 13.4. The number of nitrogens with one attached hydrogen (secondary N) is 1. The number of carbonyl (C=O) groups is 1. The van der Waals surface area contributed by atoms with E-state index in [1.54, 1.807) is 0 Å². The van der Waals surface area contributed by atoms with Gasteiger partial charge in [-0.25, -0.2) is 13.2 Å². The van der Waals surface area contributed by atoms with Gasteiger partial charge in [0.25, 0.3) is 0 Å². The highest BCUT2D eigenvalue weighted by Gasteiger charge is 2.37. The van der Waals surface area contributed by atoms with Crippen molar-refractivity contribution in [3.05, 3.63) is 59.1 Å². The second-order valence-electron chi connectivity index (χ2n) is 5.30. The summed E-state index contributed by atoms with van der Waals surface area (Å²) in [6, 6.07) is 10.1. The van der Waals surface area contributed by atoms with E-state index in [0.717, 1.165) is 0 Å². The van der Waals surface area contributed by atoms with Gasteiger partial charge in [-0.1, -0.05) is 58.5 Å². The number of sulfonamides is 1. The van der Waals surface area contributed by atoms with Crippen molar-refractivity contribution < 1.29 is 23.1 Å². The Morgan fingerprint density at radius 2 is 1.63 bits per heavy atom. The zero-order chi connectivity index (χ0) is 20.2. The number of rotatable bonds is 7. The number of hydrogen-bond acceptors (Lipinski definition) is 4. The molecule has 6 nitrogen and oxygen atoms in total. The Labute approximate surface area is 176 Å².